The lowest BCUT2D eigenvalue weighted by Crippen LogP contribution is -2.56. The van der Waals surface area contributed by atoms with E-state index >= 15 is 0 Å². The maximum absolute atomic E-state index is 13.8. The zero-order chi connectivity index (χ0) is 24.3. The molecule has 3 saturated heterocycles. The summed E-state index contributed by atoms with van der Waals surface area (Å²) in [6, 6.07) is 9.15. The lowest BCUT2D eigenvalue weighted by molar-refractivity contribution is -0.154. The predicted octanol–water partition coefficient (Wildman–Crippen LogP) is 2.76. The molecule has 1 aromatic carbocycles. The second kappa shape index (κ2) is 10.7. The van der Waals surface area contributed by atoms with Crippen molar-refractivity contribution < 1.29 is 24.2 Å². The molecule has 0 saturated carbocycles. The minimum atomic E-state index is -0.606. The fourth-order valence-corrected chi connectivity index (χ4v) is 8.61. The number of thioether (sulfide) groups is 1. The molecule has 0 aromatic heterocycles. The van der Waals surface area contributed by atoms with Crippen LogP contribution in [0.1, 0.15) is 51.5 Å². The minimum absolute atomic E-state index is 0.0131. The molecule has 3 fully saturated rings. The Bertz CT molecular complexity index is 896. The van der Waals surface area contributed by atoms with Crippen molar-refractivity contribution in [2.45, 2.75) is 68.5 Å². The van der Waals surface area contributed by atoms with Gasteiger partial charge in [-0.05, 0) is 37.7 Å². The van der Waals surface area contributed by atoms with Crippen LogP contribution in [0.4, 0.5) is 0 Å². The molecule has 34 heavy (non-hydrogen) atoms. The van der Waals surface area contributed by atoms with Crippen LogP contribution >= 0.6 is 11.8 Å². The zero-order valence-corrected chi connectivity index (χ0v) is 20.9. The van der Waals surface area contributed by atoms with Crippen LogP contribution in [0.15, 0.2) is 30.3 Å². The van der Waals surface area contributed by atoms with E-state index in [4.69, 9.17) is 9.84 Å². The molecule has 2 bridgehead atoms. The number of nitrogens with one attached hydrogen (secondary N) is 1. The number of unbranched alkanes of at least 4 members (excludes halogenated alkanes) is 3. The Balaban J connectivity index is 1.60. The Labute approximate surface area is 206 Å². The molecular weight excluding hydrogens is 452 g/mol. The van der Waals surface area contributed by atoms with Gasteiger partial charge in [0.1, 0.15) is 6.04 Å². The number of rotatable bonds is 11. The largest absolute Gasteiger partial charge is 0.466 e. The van der Waals surface area contributed by atoms with Crippen molar-refractivity contribution in [1.29, 1.82) is 0 Å². The summed E-state index contributed by atoms with van der Waals surface area (Å²) in [5.41, 5.74) is 1.01. The van der Waals surface area contributed by atoms with Gasteiger partial charge in [0.25, 0.3) is 0 Å². The zero-order valence-electron chi connectivity index (χ0n) is 20.1. The van der Waals surface area contributed by atoms with Crippen molar-refractivity contribution in [3.05, 3.63) is 35.9 Å². The number of aliphatic hydroxyl groups excluding tert-OH is 1. The highest BCUT2D eigenvalue weighted by molar-refractivity contribution is 8.02. The number of fused-ring (bicyclic) bond motifs is 1. The van der Waals surface area contributed by atoms with E-state index in [1.807, 2.05) is 30.3 Å². The summed E-state index contributed by atoms with van der Waals surface area (Å²) in [5.74, 6) is -1.39. The number of ether oxygens (including phenoxy) is 1. The third kappa shape index (κ3) is 4.35. The maximum atomic E-state index is 13.8. The van der Waals surface area contributed by atoms with Crippen molar-refractivity contribution >= 4 is 29.5 Å². The fraction of sp³-hybridized carbons (Fsp3) is 0.654. The monoisotopic (exact) mass is 488 g/mol. The van der Waals surface area contributed by atoms with Gasteiger partial charge in [-0.15, -0.1) is 11.8 Å². The molecule has 186 valence electrons. The summed E-state index contributed by atoms with van der Waals surface area (Å²) in [4.78, 5) is 42.2. The molecule has 3 aliphatic rings. The molecule has 2 amide bonds. The first kappa shape index (κ1) is 25.0. The molecular formula is C26H36N2O5S. The topological polar surface area (TPSA) is 95.9 Å². The number of likely N-dealkylation sites (tertiary alicyclic amines) is 1. The molecule has 1 aromatic rings. The van der Waals surface area contributed by atoms with Gasteiger partial charge in [-0.2, -0.15) is 0 Å². The lowest BCUT2D eigenvalue weighted by Gasteiger charge is -2.38. The smallest absolute Gasteiger partial charge is 0.310 e. The number of hydrogen-bond donors (Lipinski definition) is 2. The summed E-state index contributed by atoms with van der Waals surface area (Å²) in [6.07, 6.45) is 4.08. The van der Waals surface area contributed by atoms with Crippen molar-refractivity contribution in [1.82, 2.24) is 10.2 Å². The van der Waals surface area contributed by atoms with Crippen LogP contribution in [-0.2, 0) is 25.7 Å². The molecule has 0 radical (unpaired) electrons. The van der Waals surface area contributed by atoms with E-state index in [0.717, 1.165) is 37.7 Å². The molecule has 0 aliphatic carbocycles. The number of aliphatic hydroxyl groups is 1. The van der Waals surface area contributed by atoms with Crippen molar-refractivity contribution in [3.63, 3.8) is 0 Å². The lowest BCUT2D eigenvalue weighted by atomic mass is 9.66. The highest BCUT2D eigenvalue weighted by atomic mass is 32.2. The van der Waals surface area contributed by atoms with Crippen LogP contribution in [-0.4, -0.2) is 63.6 Å². The average Bonchev–Trinajstić information content (AvgIpc) is 3.42. The predicted molar refractivity (Wildman–Crippen MR) is 131 cm³/mol. The van der Waals surface area contributed by atoms with Gasteiger partial charge in [0.2, 0.25) is 11.8 Å². The van der Waals surface area contributed by atoms with Gasteiger partial charge in [0, 0.05) is 24.9 Å². The highest BCUT2D eigenvalue weighted by Gasteiger charge is 2.76. The Morgan fingerprint density at radius 3 is 2.65 bits per heavy atom. The quantitative estimate of drug-likeness (QED) is 0.367. The third-order valence-corrected chi connectivity index (χ3v) is 9.75. The number of amides is 2. The highest BCUT2D eigenvalue weighted by Crippen LogP contribution is 2.68. The van der Waals surface area contributed by atoms with Crippen LogP contribution < -0.4 is 5.32 Å². The summed E-state index contributed by atoms with van der Waals surface area (Å²) in [7, 11) is 0. The number of carbonyl (C=O) groups excluding carboxylic acids is 3. The number of carbonyl (C=O) groups is 3. The third-order valence-electron chi connectivity index (χ3n) is 7.67. The van der Waals surface area contributed by atoms with Gasteiger partial charge < -0.3 is 20.1 Å². The molecule has 4 rings (SSSR count). The van der Waals surface area contributed by atoms with Crippen molar-refractivity contribution in [2.24, 2.45) is 17.8 Å². The van der Waals surface area contributed by atoms with E-state index in [0.29, 0.717) is 13.1 Å². The Morgan fingerprint density at radius 1 is 1.21 bits per heavy atom. The second-order valence-corrected chi connectivity index (χ2v) is 11.2. The number of nitrogens with zero attached hydrogens (tertiary/aromatic N) is 1. The van der Waals surface area contributed by atoms with E-state index in [2.05, 4.69) is 12.2 Å². The second-order valence-electron chi connectivity index (χ2n) is 9.68. The van der Waals surface area contributed by atoms with E-state index in [-0.39, 0.29) is 42.2 Å². The molecule has 3 unspecified atom stereocenters. The van der Waals surface area contributed by atoms with E-state index < -0.39 is 22.6 Å². The number of esters is 1. The first-order valence-electron chi connectivity index (χ1n) is 12.5. The molecule has 3 aliphatic heterocycles. The van der Waals surface area contributed by atoms with Crippen LogP contribution in [0.3, 0.4) is 0 Å². The summed E-state index contributed by atoms with van der Waals surface area (Å²) >= 11 is 1.68. The van der Waals surface area contributed by atoms with Crippen LogP contribution in [0.2, 0.25) is 0 Å². The first-order chi connectivity index (χ1) is 16.5. The van der Waals surface area contributed by atoms with Crippen molar-refractivity contribution in [3.8, 4) is 0 Å². The maximum Gasteiger partial charge on any atom is 0.310 e. The van der Waals surface area contributed by atoms with Gasteiger partial charge in [-0.1, -0.05) is 50.1 Å². The standard InChI is InChI=1S/C26H36N2O5S/c1-3-33-25(32)20-19-15-17(2)26(34-19)21(20)24(31)28(13-9-4-5-10-14-29)22(26)23(30)27-16-18-11-7-6-8-12-18/h6-8,11-12,17,19-22,29H,3-5,9-10,13-16H2,1-2H3,(H,27,30)/t17?,19-,20+,21+,22?,26?/m1/s1. The molecule has 8 heteroatoms. The van der Waals surface area contributed by atoms with E-state index in [1.165, 1.54) is 0 Å². The summed E-state index contributed by atoms with van der Waals surface area (Å²) in [6.45, 7) is 5.24. The Kier molecular flexibility index (Phi) is 7.87. The van der Waals surface area contributed by atoms with Crippen LogP contribution in [0.25, 0.3) is 0 Å². The minimum Gasteiger partial charge on any atom is -0.466 e. The molecule has 1 spiro atoms. The molecule has 2 N–H and O–H groups in total. The van der Waals surface area contributed by atoms with Gasteiger partial charge in [-0.3, -0.25) is 14.4 Å². The first-order valence-corrected chi connectivity index (χ1v) is 13.4. The van der Waals surface area contributed by atoms with Crippen LogP contribution in [0, 0.1) is 17.8 Å². The van der Waals surface area contributed by atoms with Gasteiger partial charge in [0.15, 0.2) is 0 Å². The average molecular weight is 489 g/mol. The Hall–Kier alpha value is -2.06. The molecule has 6 atom stereocenters. The van der Waals surface area contributed by atoms with E-state index in [1.54, 1.807) is 23.6 Å². The van der Waals surface area contributed by atoms with Gasteiger partial charge in [-0.25, -0.2) is 0 Å². The van der Waals surface area contributed by atoms with Gasteiger partial charge in [0.05, 0.1) is 23.2 Å². The van der Waals surface area contributed by atoms with Crippen molar-refractivity contribution in [2.75, 3.05) is 19.8 Å². The molecule has 7 nitrogen and oxygen atoms in total. The summed E-state index contributed by atoms with van der Waals surface area (Å²) in [5, 5.41) is 12.2. The normalized spacial score (nSPS) is 31.6. The number of benzene rings is 1. The number of hydrogen-bond acceptors (Lipinski definition) is 6. The molecule has 3 heterocycles. The SMILES string of the molecule is CCOC(=O)[C@@H]1[C@H]2C(=O)N(CCCCCCO)C(C(=O)NCc3ccccc3)C23S[C@@H]1CC3C. The van der Waals surface area contributed by atoms with Gasteiger partial charge >= 0.3 is 5.97 Å². The fourth-order valence-electron chi connectivity index (χ4n) is 6.20. The van der Waals surface area contributed by atoms with Crippen LogP contribution in [0.5, 0.6) is 0 Å². The van der Waals surface area contributed by atoms with E-state index in [9.17, 15) is 14.4 Å². The summed E-state index contributed by atoms with van der Waals surface area (Å²) < 4.78 is 4.78. The Morgan fingerprint density at radius 2 is 1.94 bits per heavy atom.